The summed E-state index contributed by atoms with van der Waals surface area (Å²) in [7, 11) is 0. The molecule has 1 aromatic rings. The van der Waals surface area contributed by atoms with Crippen molar-refractivity contribution >= 4 is 5.82 Å². The number of nitrogens with zero attached hydrogens (tertiary/aromatic N) is 4. The summed E-state index contributed by atoms with van der Waals surface area (Å²) in [6.07, 6.45) is 4.87. The van der Waals surface area contributed by atoms with Crippen molar-refractivity contribution in [3.63, 3.8) is 0 Å². The van der Waals surface area contributed by atoms with E-state index in [2.05, 4.69) is 26.1 Å². The van der Waals surface area contributed by atoms with Crippen LogP contribution in [0.5, 0.6) is 0 Å². The lowest BCUT2D eigenvalue weighted by Crippen LogP contribution is -2.31. The van der Waals surface area contributed by atoms with Crippen molar-refractivity contribution in [2.45, 2.75) is 32.6 Å². The third-order valence-electron chi connectivity index (χ3n) is 3.87. The molecule has 0 aromatic carbocycles. The molecule has 0 unspecified atom stereocenters. The monoisotopic (exact) mass is 277 g/mol. The van der Waals surface area contributed by atoms with Crippen molar-refractivity contribution in [3.05, 3.63) is 17.8 Å². The minimum Gasteiger partial charge on any atom is -0.354 e. The molecule has 0 atom stereocenters. The average molecular weight is 277 g/mol. The average Bonchev–Trinajstić information content (AvgIpc) is 2.70. The van der Waals surface area contributed by atoms with Crippen LogP contribution < -0.4 is 10.6 Å². The number of hydrogen-bond acceptors (Lipinski definition) is 5. The van der Waals surface area contributed by atoms with E-state index in [0.717, 1.165) is 44.1 Å². The van der Waals surface area contributed by atoms with Gasteiger partial charge >= 0.3 is 0 Å². The Morgan fingerprint density at radius 3 is 2.70 bits per heavy atom. The van der Waals surface area contributed by atoms with E-state index < -0.39 is 0 Å². The van der Waals surface area contributed by atoms with Gasteiger partial charge in [0.05, 0.1) is 5.69 Å². The zero-order valence-electron chi connectivity index (χ0n) is 12.6. The van der Waals surface area contributed by atoms with E-state index in [1.54, 1.807) is 0 Å². The smallest absolute Gasteiger partial charge is 0.151 e. The maximum atomic E-state index is 5.53. The lowest BCUT2D eigenvalue weighted by Gasteiger charge is -2.22. The first-order valence-corrected chi connectivity index (χ1v) is 7.77. The molecule has 0 bridgehead atoms. The number of nitrogens with two attached hydrogens (primary N) is 1. The zero-order chi connectivity index (χ0) is 14.2. The first kappa shape index (κ1) is 15.2. The second-order valence-electron chi connectivity index (χ2n) is 5.56. The third-order valence-corrected chi connectivity index (χ3v) is 3.87. The van der Waals surface area contributed by atoms with Crippen LogP contribution in [0.1, 0.15) is 31.4 Å². The highest BCUT2D eigenvalue weighted by atomic mass is 15.3. The maximum absolute atomic E-state index is 5.53. The molecular formula is C15H27N5. The molecule has 0 radical (unpaired) electrons. The Kier molecular flexibility index (Phi) is 6.21. The first-order valence-electron chi connectivity index (χ1n) is 7.77. The molecule has 1 aliphatic heterocycles. The van der Waals surface area contributed by atoms with Gasteiger partial charge in [-0.05, 0) is 58.0 Å². The highest BCUT2D eigenvalue weighted by Gasteiger charge is 2.15. The van der Waals surface area contributed by atoms with Crippen molar-refractivity contribution in [3.8, 4) is 0 Å². The molecule has 20 heavy (non-hydrogen) atoms. The quantitative estimate of drug-likeness (QED) is 0.797. The van der Waals surface area contributed by atoms with Crippen molar-refractivity contribution in [1.82, 2.24) is 15.1 Å². The highest BCUT2D eigenvalue weighted by Crippen LogP contribution is 2.13. The van der Waals surface area contributed by atoms with Crippen LogP contribution in [-0.2, 0) is 0 Å². The Balaban J connectivity index is 1.78. The molecule has 0 amide bonds. The summed E-state index contributed by atoms with van der Waals surface area (Å²) in [6, 6.07) is 4.12. The molecule has 5 nitrogen and oxygen atoms in total. The molecule has 5 heteroatoms. The minimum absolute atomic E-state index is 0.819. The van der Waals surface area contributed by atoms with Crippen molar-refractivity contribution in [1.29, 1.82) is 0 Å². The van der Waals surface area contributed by atoms with Gasteiger partial charge < -0.3 is 15.5 Å². The van der Waals surface area contributed by atoms with Crippen LogP contribution in [0, 0.1) is 6.92 Å². The summed E-state index contributed by atoms with van der Waals surface area (Å²) < 4.78 is 0. The molecule has 112 valence electrons. The molecule has 0 spiro atoms. The van der Waals surface area contributed by atoms with E-state index >= 15 is 0 Å². The van der Waals surface area contributed by atoms with Gasteiger partial charge in [-0.2, -0.15) is 5.10 Å². The van der Waals surface area contributed by atoms with E-state index in [1.807, 2.05) is 13.0 Å². The summed E-state index contributed by atoms with van der Waals surface area (Å²) in [4.78, 5) is 4.92. The van der Waals surface area contributed by atoms with E-state index in [4.69, 9.17) is 5.73 Å². The second kappa shape index (κ2) is 8.17. The Hall–Kier alpha value is -1.20. The van der Waals surface area contributed by atoms with E-state index in [1.165, 1.54) is 32.4 Å². The highest BCUT2D eigenvalue weighted by molar-refractivity contribution is 5.37. The molecule has 0 saturated carbocycles. The van der Waals surface area contributed by atoms with Crippen molar-refractivity contribution in [2.75, 3.05) is 44.2 Å². The van der Waals surface area contributed by atoms with Gasteiger partial charge in [0.2, 0.25) is 0 Å². The predicted molar refractivity (Wildman–Crippen MR) is 82.9 cm³/mol. The number of hydrogen-bond donors (Lipinski definition) is 1. The van der Waals surface area contributed by atoms with Crippen LogP contribution in [0.3, 0.4) is 0 Å². The molecule has 1 saturated heterocycles. The summed E-state index contributed by atoms with van der Waals surface area (Å²) in [6.45, 7) is 8.44. The summed E-state index contributed by atoms with van der Waals surface area (Å²) >= 11 is 0. The summed E-state index contributed by atoms with van der Waals surface area (Å²) in [5.41, 5.74) is 6.51. The second-order valence-corrected chi connectivity index (χ2v) is 5.56. The van der Waals surface area contributed by atoms with Gasteiger partial charge in [-0.1, -0.05) is 6.42 Å². The Bertz CT molecular complexity index is 378. The standard InChI is InChI=1S/C15H27N5/c1-14-6-7-15(18-17-14)20-11-5-10-19(12-13-20)9-4-2-3-8-16/h6-7H,2-5,8-13,16H2,1H3. The van der Waals surface area contributed by atoms with E-state index in [9.17, 15) is 0 Å². The van der Waals surface area contributed by atoms with Crippen LogP contribution in [0.15, 0.2) is 12.1 Å². The van der Waals surface area contributed by atoms with Gasteiger partial charge in [0.25, 0.3) is 0 Å². The summed E-state index contributed by atoms with van der Waals surface area (Å²) in [5, 5.41) is 8.46. The van der Waals surface area contributed by atoms with Crippen LogP contribution >= 0.6 is 0 Å². The minimum atomic E-state index is 0.819. The maximum Gasteiger partial charge on any atom is 0.151 e. The lowest BCUT2D eigenvalue weighted by atomic mass is 10.2. The molecule has 0 aliphatic carbocycles. The first-order chi connectivity index (χ1) is 9.79. The number of aromatic nitrogens is 2. The van der Waals surface area contributed by atoms with Crippen LogP contribution in [0.2, 0.25) is 0 Å². The number of rotatable bonds is 6. The fourth-order valence-corrected chi connectivity index (χ4v) is 2.64. The third kappa shape index (κ3) is 4.72. The van der Waals surface area contributed by atoms with Gasteiger partial charge in [0.15, 0.2) is 5.82 Å². The van der Waals surface area contributed by atoms with Gasteiger partial charge in [0, 0.05) is 19.6 Å². The van der Waals surface area contributed by atoms with Gasteiger partial charge in [-0.3, -0.25) is 0 Å². The molecule has 1 aromatic heterocycles. The van der Waals surface area contributed by atoms with Crippen LogP contribution in [-0.4, -0.2) is 54.4 Å². The number of unbranched alkanes of at least 4 members (excludes halogenated alkanes) is 2. The van der Waals surface area contributed by atoms with Crippen molar-refractivity contribution in [2.24, 2.45) is 5.73 Å². The fourth-order valence-electron chi connectivity index (χ4n) is 2.64. The van der Waals surface area contributed by atoms with Gasteiger partial charge in [-0.25, -0.2) is 0 Å². The molecule has 2 rings (SSSR count). The zero-order valence-corrected chi connectivity index (χ0v) is 12.6. The molecule has 1 fully saturated rings. The molecule has 2 heterocycles. The number of anilines is 1. The Morgan fingerprint density at radius 1 is 1.05 bits per heavy atom. The summed E-state index contributed by atoms with van der Waals surface area (Å²) in [5.74, 6) is 1.01. The van der Waals surface area contributed by atoms with Crippen molar-refractivity contribution < 1.29 is 0 Å². The van der Waals surface area contributed by atoms with Crippen LogP contribution in [0.25, 0.3) is 0 Å². The molecule has 1 aliphatic rings. The molecular weight excluding hydrogens is 250 g/mol. The van der Waals surface area contributed by atoms with E-state index in [0.29, 0.717) is 0 Å². The largest absolute Gasteiger partial charge is 0.354 e. The fraction of sp³-hybridized carbons (Fsp3) is 0.733. The Labute approximate surface area is 122 Å². The van der Waals surface area contributed by atoms with Gasteiger partial charge in [-0.15, -0.1) is 5.10 Å². The SMILES string of the molecule is Cc1ccc(N2CCCN(CCCCCN)CC2)nn1. The van der Waals surface area contributed by atoms with Gasteiger partial charge in [0.1, 0.15) is 0 Å². The number of aryl methyl sites for hydroxylation is 1. The normalized spacial score (nSPS) is 17.2. The predicted octanol–water partition coefficient (Wildman–Crippen LogP) is 1.43. The Morgan fingerprint density at radius 2 is 1.95 bits per heavy atom. The van der Waals surface area contributed by atoms with Crippen LogP contribution in [0.4, 0.5) is 5.82 Å². The molecule has 2 N–H and O–H groups in total. The lowest BCUT2D eigenvalue weighted by molar-refractivity contribution is 0.286. The topological polar surface area (TPSA) is 58.3 Å². The van der Waals surface area contributed by atoms with E-state index in [-0.39, 0.29) is 0 Å².